The van der Waals surface area contributed by atoms with E-state index in [1.807, 2.05) is 13.0 Å². The van der Waals surface area contributed by atoms with E-state index in [1.165, 1.54) is 30.2 Å². The Morgan fingerprint density at radius 1 is 1.36 bits per heavy atom. The molecule has 0 saturated heterocycles. The summed E-state index contributed by atoms with van der Waals surface area (Å²) in [6.45, 7) is 2.10. The topological polar surface area (TPSA) is 85.8 Å². The normalized spacial score (nSPS) is 10.3. The number of carbonyl (C=O) groups excluding carboxylic acids is 1. The van der Waals surface area contributed by atoms with Gasteiger partial charge in [0.2, 0.25) is 0 Å². The monoisotopic (exact) mass is 304 g/mol. The average molecular weight is 304 g/mol. The largest absolute Gasteiger partial charge is 0.490 e. The van der Waals surface area contributed by atoms with Gasteiger partial charge < -0.3 is 14.1 Å². The molecule has 0 atom stereocenters. The number of nitro benzene ring substituents is 1. The molecule has 1 amide bonds. The van der Waals surface area contributed by atoms with Crippen LogP contribution in [0.4, 0.5) is 5.69 Å². The van der Waals surface area contributed by atoms with Crippen molar-refractivity contribution in [1.29, 1.82) is 0 Å². The molecular weight excluding hydrogens is 288 g/mol. The SMILES string of the molecule is COc1ccc(C(=O)N(C)Cc2ccc(C)o2)cc1[N+](=O)[O-]. The number of amides is 1. The number of methoxy groups -OCH3 is 1. The van der Waals surface area contributed by atoms with Crippen molar-refractivity contribution >= 4 is 11.6 Å². The molecule has 7 heteroatoms. The molecule has 0 unspecified atom stereocenters. The van der Waals surface area contributed by atoms with Crippen LogP contribution < -0.4 is 4.74 Å². The van der Waals surface area contributed by atoms with Crippen molar-refractivity contribution in [3.8, 4) is 5.75 Å². The van der Waals surface area contributed by atoms with Crippen LogP contribution in [0.3, 0.4) is 0 Å². The minimum Gasteiger partial charge on any atom is -0.490 e. The highest BCUT2D eigenvalue weighted by atomic mass is 16.6. The first kappa shape index (κ1) is 15.6. The van der Waals surface area contributed by atoms with Crippen molar-refractivity contribution in [2.45, 2.75) is 13.5 Å². The second-order valence-electron chi connectivity index (χ2n) is 4.82. The van der Waals surface area contributed by atoms with Gasteiger partial charge in [-0.1, -0.05) is 0 Å². The van der Waals surface area contributed by atoms with Crippen LogP contribution in [0.5, 0.6) is 5.75 Å². The summed E-state index contributed by atoms with van der Waals surface area (Å²) in [7, 11) is 2.95. The van der Waals surface area contributed by atoms with E-state index in [0.717, 1.165) is 5.76 Å². The van der Waals surface area contributed by atoms with Gasteiger partial charge in [-0.15, -0.1) is 0 Å². The summed E-state index contributed by atoms with van der Waals surface area (Å²) in [6, 6.07) is 7.72. The number of nitro groups is 1. The molecule has 0 fully saturated rings. The van der Waals surface area contributed by atoms with Gasteiger partial charge in [-0.3, -0.25) is 14.9 Å². The van der Waals surface area contributed by atoms with Crippen LogP contribution in [0.15, 0.2) is 34.7 Å². The van der Waals surface area contributed by atoms with Crippen molar-refractivity contribution < 1.29 is 18.9 Å². The van der Waals surface area contributed by atoms with Crippen LogP contribution >= 0.6 is 0 Å². The van der Waals surface area contributed by atoms with Gasteiger partial charge in [0, 0.05) is 18.7 Å². The molecule has 0 aliphatic heterocycles. The van der Waals surface area contributed by atoms with Gasteiger partial charge in [0.1, 0.15) is 11.5 Å². The fourth-order valence-corrected chi connectivity index (χ4v) is 2.06. The zero-order valence-corrected chi connectivity index (χ0v) is 12.5. The highest BCUT2D eigenvalue weighted by Crippen LogP contribution is 2.28. The van der Waals surface area contributed by atoms with Gasteiger partial charge in [0.05, 0.1) is 18.6 Å². The molecule has 0 bridgehead atoms. The lowest BCUT2D eigenvalue weighted by molar-refractivity contribution is -0.385. The number of hydrogen-bond donors (Lipinski definition) is 0. The number of furan rings is 1. The van der Waals surface area contributed by atoms with Crippen LogP contribution in [0.1, 0.15) is 21.9 Å². The molecule has 0 radical (unpaired) electrons. The Bertz CT molecular complexity index is 708. The standard InChI is InChI=1S/C15H16N2O5/c1-10-4-6-12(22-10)9-16(2)15(18)11-5-7-14(21-3)13(8-11)17(19)20/h4-8H,9H2,1-3H3. The molecular formula is C15H16N2O5. The lowest BCUT2D eigenvalue weighted by atomic mass is 10.1. The van der Waals surface area contributed by atoms with Crippen molar-refractivity contribution in [2.24, 2.45) is 0 Å². The molecule has 1 aromatic heterocycles. The highest BCUT2D eigenvalue weighted by molar-refractivity contribution is 5.95. The fourth-order valence-electron chi connectivity index (χ4n) is 2.06. The van der Waals surface area contributed by atoms with E-state index >= 15 is 0 Å². The zero-order valence-electron chi connectivity index (χ0n) is 12.5. The number of rotatable bonds is 5. The highest BCUT2D eigenvalue weighted by Gasteiger charge is 2.20. The molecule has 0 saturated carbocycles. The third-order valence-corrected chi connectivity index (χ3v) is 3.16. The number of aryl methyl sites for hydroxylation is 1. The van der Waals surface area contributed by atoms with E-state index in [1.54, 1.807) is 13.1 Å². The van der Waals surface area contributed by atoms with Gasteiger partial charge in [-0.05, 0) is 31.2 Å². The first-order valence-electron chi connectivity index (χ1n) is 6.55. The molecule has 2 aromatic rings. The van der Waals surface area contributed by atoms with Gasteiger partial charge in [-0.2, -0.15) is 0 Å². The van der Waals surface area contributed by atoms with E-state index in [9.17, 15) is 14.9 Å². The lowest BCUT2D eigenvalue weighted by Crippen LogP contribution is -2.26. The summed E-state index contributed by atoms with van der Waals surface area (Å²) < 4.78 is 10.3. The summed E-state index contributed by atoms with van der Waals surface area (Å²) in [5.41, 5.74) is -0.0196. The molecule has 0 N–H and O–H groups in total. The zero-order chi connectivity index (χ0) is 16.3. The smallest absolute Gasteiger partial charge is 0.311 e. The predicted molar refractivity (Wildman–Crippen MR) is 78.9 cm³/mol. The van der Waals surface area contributed by atoms with Gasteiger partial charge in [0.25, 0.3) is 5.91 Å². The first-order valence-corrected chi connectivity index (χ1v) is 6.55. The number of ether oxygens (including phenoxy) is 1. The third-order valence-electron chi connectivity index (χ3n) is 3.16. The molecule has 1 aromatic carbocycles. The summed E-state index contributed by atoms with van der Waals surface area (Å²) in [6.07, 6.45) is 0. The minimum atomic E-state index is -0.578. The van der Waals surface area contributed by atoms with Crippen LogP contribution in [-0.4, -0.2) is 29.9 Å². The second-order valence-corrected chi connectivity index (χ2v) is 4.82. The quantitative estimate of drug-likeness (QED) is 0.626. The Balaban J connectivity index is 2.21. The summed E-state index contributed by atoms with van der Waals surface area (Å²) >= 11 is 0. The van der Waals surface area contributed by atoms with Crippen LogP contribution in [-0.2, 0) is 6.54 Å². The lowest BCUT2D eigenvalue weighted by Gasteiger charge is -2.16. The summed E-state index contributed by atoms with van der Waals surface area (Å²) in [4.78, 5) is 24.2. The Morgan fingerprint density at radius 3 is 2.64 bits per heavy atom. The van der Waals surface area contributed by atoms with E-state index < -0.39 is 4.92 Å². The maximum Gasteiger partial charge on any atom is 0.311 e. The van der Waals surface area contributed by atoms with Crippen molar-refractivity contribution in [2.75, 3.05) is 14.2 Å². The first-order chi connectivity index (χ1) is 10.4. The second kappa shape index (κ2) is 6.30. The van der Waals surface area contributed by atoms with Gasteiger partial charge in [-0.25, -0.2) is 0 Å². The van der Waals surface area contributed by atoms with Crippen LogP contribution in [0.2, 0.25) is 0 Å². The Labute approximate surface area is 127 Å². The van der Waals surface area contributed by atoms with E-state index in [-0.39, 0.29) is 29.5 Å². The molecule has 0 spiro atoms. The summed E-state index contributed by atoms with van der Waals surface area (Å²) in [5, 5.41) is 11.0. The van der Waals surface area contributed by atoms with Gasteiger partial charge >= 0.3 is 5.69 Å². The average Bonchev–Trinajstić information content (AvgIpc) is 2.90. The maximum atomic E-state index is 12.4. The third kappa shape index (κ3) is 3.25. The number of nitrogens with zero attached hydrogens (tertiary/aromatic N) is 2. The molecule has 22 heavy (non-hydrogen) atoms. The van der Waals surface area contributed by atoms with Crippen LogP contribution in [0.25, 0.3) is 0 Å². The Kier molecular flexibility index (Phi) is 4.45. The van der Waals surface area contributed by atoms with E-state index in [2.05, 4.69) is 0 Å². The predicted octanol–water partition coefficient (Wildman–Crippen LogP) is 2.78. The fraction of sp³-hybridized carbons (Fsp3) is 0.267. The summed E-state index contributed by atoms with van der Waals surface area (Å²) in [5.74, 6) is 1.19. The number of carbonyl (C=O) groups is 1. The molecule has 7 nitrogen and oxygen atoms in total. The van der Waals surface area contributed by atoms with Gasteiger partial charge in [0.15, 0.2) is 5.75 Å². The van der Waals surface area contributed by atoms with Crippen molar-refractivity contribution in [1.82, 2.24) is 4.90 Å². The molecule has 116 valence electrons. The molecule has 2 rings (SSSR count). The van der Waals surface area contributed by atoms with Crippen molar-refractivity contribution in [3.63, 3.8) is 0 Å². The number of hydrogen-bond acceptors (Lipinski definition) is 5. The van der Waals surface area contributed by atoms with Crippen molar-refractivity contribution in [3.05, 3.63) is 57.5 Å². The van der Waals surface area contributed by atoms with Crippen LogP contribution in [0, 0.1) is 17.0 Å². The maximum absolute atomic E-state index is 12.4. The van der Waals surface area contributed by atoms with E-state index in [0.29, 0.717) is 5.76 Å². The molecule has 0 aliphatic carbocycles. The Morgan fingerprint density at radius 2 is 2.09 bits per heavy atom. The molecule has 1 heterocycles. The molecule has 0 aliphatic rings. The van der Waals surface area contributed by atoms with E-state index in [4.69, 9.17) is 9.15 Å². The number of benzene rings is 1. The Hall–Kier alpha value is -2.83. The minimum absolute atomic E-state index is 0.117.